The van der Waals surface area contributed by atoms with Crippen LogP contribution < -0.4 is 0 Å². The maximum absolute atomic E-state index is 12.7. The average Bonchev–Trinajstić information content (AvgIpc) is 2.54. The molecule has 0 aliphatic heterocycles. The zero-order valence-corrected chi connectivity index (χ0v) is 13.3. The molecule has 0 atom stereocenters. The second kappa shape index (κ2) is 7.48. The summed E-state index contributed by atoms with van der Waals surface area (Å²) in [6.45, 7) is 0. The summed E-state index contributed by atoms with van der Waals surface area (Å²) in [7, 11) is 3.77. The molecule has 2 aromatic carbocycles. The molecule has 0 saturated carbocycles. The molecular weight excluding hydrogens is 292 g/mol. The molecule has 2 aromatic rings. The van der Waals surface area contributed by atoms with Gasteiger partial charge in [-0.3, -0.25) is 4.79 Å². The lowest BCUT2D eigenvalue weighted by Gasteiger charge is -2.11. The fourth-order valence-corrected chi connectivity index (χ4v) is 2.84. The van der Waals surface area contributed by atoms with Gasteiger partial charge in [0.15, 0.2) is 0 Å². The molecule has 110 valence electrons. The zero-order chi connectivity index (χ0) is 15.9. The molecule has 0 saturated heterocycles. The lowest BCUT2D eigenvalue weighted by Crippen LogP contribution is -2.08. The Bertz CT molecular complexity index is 713. The molecule has 2 rings (SSSR count). The zero-order valence-electron chi connectivity index (χ0n) is 12.5. The van der Waals surface area contributed by atoms with Gasteiger partial charge < -0.3 is 4.90 Å². The number of nitriles is 1. The van der Waals surface area contributed by atoms with E-state index in [2.05, 4.69) is 6.07 Å². The highest BCUT2D eigenvalue weighted by Crippen LogP contribution is 2.29. The van der Waals surface area contributed by atoms with Gasteiger partial charge in [0.25, 0.3) is 0 Å². The van der Waals surface area contributed by atoms with E-state index < -0.39 is 0 Å². The monoisotopic (exact) mass is 308 g/mol. The van der Waals surface area contributed by atoms with Crippen LogP contribution in [0.3, 0.4) is 0 Å². The minimum absolute atomic E-state index is 0.0490. The van der Waals surface area contributed by atoms with Crippen LogP contribution in [0.2, 0.25) is 0 Å². The normalized spacial score (nSPS) is 10.9. The van der Waals surface area contributed by atoms with Crippen LogP contribution in [0, 0.1) is 11.3 Å². The average molecular weight is 308 g/mol. The van der Waals surface area contributed by atoms with Gasteiger partial charge in [0.2, 0.25) is 5.78 Å². The van der Waals surface area contributed by atoms with Gasteiger partial charge in [-0.15, -0.1) is 0 Å². The molecule has 22 heavy (non-hydrogen) atoms. The van der Waals surface area contributed by atoms with Crippen LogP contribution in [0.1, 0.15) is 15.9 Å². The first-order valence-electron chi connectivity index (χ1n) is 6.76. The Morgan fingerprint density at radius 1 is 1.09 bits per heavy atom. The minimum atomic E-state index is -0.0490. The summed E-state index contributed by atoms with van der Waals surface area (Å²) >= 11 is 1.43. The van der Waals surface area contributed by atoms with Crippen molar-refractivity contribution in [2.75, 3.05) is 14.1 Å². The third-order valence-electron chi connectivity index (χ3n) is 2.85. The second-order valence-electron chi connectivity index (χ2n) is 4.89. The van der Waals surface area contributed by atoms with E-state index in [1.165, 1.54) is 11.8 Å². The number of carbonyl (C=O) groups excluding carboxylic acids is 1. The molecule has 0 aliphatic carbocycles. The molecule has 0 radical (unpaired) electrons. The third kappa shape index (κ3) is 4.24. The van der Waals surface area contributed by atoms with E-state index in [1.807, 2.05) is 55.5 Å². The highest BCUT2D eigenvalue weighted by atomic mass is 32.2. The standard InChI is InChI=1S/C18H16N2OS/c1-20(2)13-17(22-16-6-4-3-5-7-16)18(21)15-10-8-14(12-19)9-11-15/h3-11,13H,1-2H3/b17-13+. The van der Waals surface area contributed by atoms with Gasteiger partial charge >= 0.3 is 0 Å². The van der Waals surface area contributed by atoms with Crippen molar-refractivity contribution < 1.29 is 4.79 Å². The summed E-state index contributed by atoms with van der Waals surface area (Å²) in [4.78, 5) is 16.2. The molecule has 0 aliphatic rings. The molecule has 0 aromatic heterocycles. The van der Waals surface area contributed by atoms with Crippen molar-refractivity contribution >= 4 is 17.5 Å². The summed E-state index contributed by atoms with van der Waals surface area (Å²) in [6, 6.07) is 18.5. The van der Waals surface area contributed by atoms with E-state index in [1.54, 1.807) is 24.3 Å². The van der Waals surface area contributed by atoms with Crippen LogP contribution in [-0.2, 0) is 0 Å². The molecule has 0 heterocycles. The first kappa shape index (κ1) is 15.9. The predicted octanol–water partition coefficient (Wildman–Crippen LogP) is 3.94. The van der Waals surface area contributed by atoms with Crippen molar-refractivity contribution in [1.82, 2.24) is 4.90 Å². The molecular formula is C18H16N2OS. The van der Waals surface area contributed by atoms with Gasteiger partial charge in [-0.25, -0.2) is 0 Å². The number of hydrogen-bond donors (Lipinski definition) is 0. The van der Waals surface area contributed by atoms with Gasteiger partial charge in [-0.2, -0.15) is 5.26 Å². The highest BCUT2D eigenvalue weighted by molar-refractivity contribution is 8.04. The maximum atomic E-state index is 12.7. The number of ketones is 1. The number of thioether (sulfide) groups is 1. The van der Waals surface area contributed by atoms with E-state index in [-0.39, 0.29) is 5.78 Å². The van der Waals surface area contributed by atoms with Gasteiger partial charge in [0, 0.05) is 30.8 Å². The molecule has 3 nitrogen and oxygen atoms in total. The maximum Gasteiger partial charge on any atom is 0.201 e. The Labute approximate surface area is 134 Å². The Morgan fingerprint density at radius 3 is 2.27 bits per heavy atom. The van der Waals surface area contributed by atoms with Gasteiger partial charge in [-0.05, 0) is 36.4 Å². The van der Waals surface area contributed by atoms with Crippen LogP contribution in [0.15, 0.2) is 70.6 Å². The number of Topliss-reactive ketones (excluding diaryl/α,β-unsaturated/α-hetero) is 1. The summed E-state index contributed by atoms with van der Waals surface area (Å²) in [5.74, 6) is -0.0490. The summed E-state index contributed by atoms with van der Waals surface area (Å²) < 4.78 is 0. The van der Waals surface area contributed by atoms with Crippen LogP contribution in [0.5, 0.6) is 0 Å². The summed E-state index contributed by atoms with van der Waals surface area (Å²) in [6.07, 6.45) is 1.82. The van der Waals surface area contributed by atoms with Crippen molar-refractivity contribution in [3.63, 3.8) is 0 Å². The molecule has 0 N–H and O–H groups in total. The van der Waals surface area contributed by atoms with Crippen LogP contribution in [0.4, 0.5) is 0 Å². The van der Waals surface area contributed by atoms with E-state index >= 15 is 0 Å². The largest absolute Gasteiger partial charge is 0.382 e. The van der Waals surface area contributed by atoms with Gasteiger partial charge in [-0.1, -0.05) is 30.0 Å². The van der Waals surface area contributed by atoms with Crippen LogP contribution in [0.25, 0.3) is 0 Å². The number of carbonyl (C=O) groups is 1. The number of allylic oxidation sites excluding steroid dienone is 1. The predicted molar refractivity (Wildman–Crippen MR) is 89.6 cm³/mol. The SMILES string of the molecule is CN(C)/C=C(/Sc1ccccc1)C(=O)c1ccc(C#N)cc1. The van der Waals surface area contributed by atoms with Crippen molar-refractivity contribution in [2.24, 2.45) is 0 Å². The van der Waals surface area contributed by atoms with E-state index in [0.717, 1.165) is 4.90 Å². The number of rotatable bonds is 5. The van der Waals surface area contributed by atoms with Crippen molar-refractivity contribution in [1.29, 1.82) is 5.26 Å². The third-order valence-corrected chi connectivity index (χ3v) is 3.87. The Balaban J connectivity index is 2.28. The van der Waals surface area contributed by atoms with Crippen LogP contribution >= 0.6 is 11.8 Å². The lowest BCUT2D eigenvalue weighted by molar-refractivity contribution is 0.104. The number of nitrogens with zero attached hydrogens (tertiary/aromatic N) is 2. The molecule has 0 unspecified atom stereocenters. The lowest BCUT2D eigenvalue weighted by atomic mass is 10.1. The quantitative estimate of drug-likeness (QED) is 0.477. The van der Waals surface area contributed by atoms with Gasteiger partial charge in [0.1, 0.15) is 0 Å². The number of benzene rings is 2. The van der Waals surface area contributed by atoms with Crippen molar-refractivity contribution in [3.05, 3.63) is 76.8 Å². The first-order valence-corrected chi connectivity index (χ1v) is 7.58. The van der Waals surface area contributed by atoms with Crippen LogP contribution in [-0.4, -0.2) is 24.8 Å². The fraction of sp³-hybridized carbons (Fsp3) is 0.111. The molecule has 0 bridgehead atoms. The first-order chi connectivity index (χ1) is 10.6. The molecule has 0 spiro atoms. The molecule has 4 heteroatoms. The fourth-order valence-electron chi connectivity index (χ4n) is 1.82. The Morgan fingerprint density at radius 2 is 1.73 bits per heavy atom. The smallest absolute Gasteiger partial charge is 0.201 e. The Hall–Kier alpha value is -2.51. The van der Waals surface area contributed by atoms with E-state index in [0.29, 0.717) is 16.0 Å². The summed E-state index contributed by atoms with van der Waals surface area (Å²) in [5.41, 5.74) is 1.13. The van der Waals surface area contributed by atoms with E-state index in [4.69, 9.17) is 5.26 Å². The molecule has 0 amide bonds. The summed E-state index contributed by atoms with van der Waals surface area (Å²) in [5, 5.41) is 8.83. The second-order valence-corrected chi connectivity index (χ2v) is 6.01. The minimum Gasteiger partial charge on any atom is -0.382 e. The van der Waals surface area contributed by atoms with Crippen molar-refractivity contribution in [2.45, 2.75) is 4.90 Å². The highest BCUT2D eigenvalue weighted by Gasteiger charge is 2.14. The van der Waals surface area contributed by atoms with Crippen molar-refractivity contribution in [3.8, 4) is 6.07 Å². The topological polar surface area (TPSA) is 44.1 Å². The Kier molecular flexibility index (Phi) is 5.40. The number of hydrogen-bond acceptors (Lipinski definition) is 4. The van der Waals surface area contributed by atoms with E-state index in [9.17, 15) is 4.79 Å². The molecule has 0 fully saturated rings. The van der Waals surface area contributed by atoms with Gasteiger partial charge in [0.05, 0.1) is 16.5 Å².